The molecular weight excluding hydrogens is 624 g/mol. The third-order valence-electron chi connectivity index (χ3n) is 6.37. The molecule has 0 bridgehead atoms. The molecule has 0 fully saturated rings. The number of aromatic hydroxyl groups is 2. The van der Waals surface area contributed by atoms with Crippen LogP contribution in [-0.4, -0.2) is 44.1 Å². The second-order valence-corrected chi connectivity index (χ2v) is 9.46. The van der Waals surface area contributed by atoms with E-state index in [0.29, 0.717) is 46.5 Å². The van der Waals surface area contributed by atoms with Crippen molar-refractivity contribution in [2.24, 2.45) is 0 Å². The Kier molecular flexibility index (Phi) is 8.41. The van der Waals surface area contributed by atoms with Crippen molar-refractivity contribution < 1.29 is 19.0 Å². The Hall–Kier alpha value is -2.68. The first-order chi connectivity index (χ1) is 17.3. The quantitative estimate of drug-likeness (QED) is 0.201. The second-order valence-electron chi connectivity index (χ2n) is 8.68. The fraction of sp³-hybridized carbons (Fsp3) is 0.143. The fourth-order valence-electron chi connectivity index (χ4n) is 4.69. The average Bonchev–Trinajstić information content (AvgIpc) is 3.49. The fourth-order valence-corrected chi connectivity index (χ4v) is 4.99. The van der Waals surface area contributed by atoms with Gasteiger partial charge in [0.25, 0.3) is 0 Å². The monoisotopic (exact) mass is 646 g/mol. The Balaban J connectivity index is 0.000000168. The number of aromatic nitrogens is 2. The Bertz CT molecular complexity index is 1510. The van der Waals surface area contributed by atoms with E-state index in [1.807, 2.05) is 12.1 Å². The van der Waals surface area contributed by atoms with Gasteiger partial charge in [-0.1, -0.05) is 47.5 Å². The molecule has 2 N–H and O–H groups in total. The van der Waals surface area contributed by atoms with Gasteiger partial charge in [0.05, 0.1) is 5.69 Å². The number of benzene rings is 2. The summed E-state index contributed by atoms with van der Waals surface area (Å²) < 4.78 is 27.3. The molecule has 2 aromatic heterocycles. The van der Waals surface area contributed by atoms with Crippen LogP contribution in [0.4, 0.5) is 8.78 Å². The molecule has 0 spiro atoms. The maximum absolute atomic E-state index is 13.7. The SMILES string of the molecule is Oc1ccc(Cl)nc1C1=Cc2c(F)cccc2C1.Oc1ccc(Cl)nc1C1Cc2cccc(F)c2C1.[SnH2]. The van der Waals surface area contributed by atoms with Crippen molar-refractivity contribution in [2.45, 2.75) is 25.2 Å². The van der Waals surface area contributed by atoms with E-state index in [9.17, 15) is 19.0 Å². The summed E-state index contributed by atoms with van der Waals surface area (Å²) in [4.78, 5) is 8.25. The average molecular weight is 646 g/mol. The number of hydrogen-bond donors (Lipinski definition) is 2. The number of nitrogens with zero attached hydrogens (tertiary/aromatic N) is 2. The topological polar surface area (TPSA) is 66.2 Å². The van der Waals surface area contributed by atoms with Crippen LogP contribution in [0.2, 0.25) is 10.3 Å². The van der Waals surface area contributed by atoms with Gasteiger partial charge in [0.15, 0.2) is 0 Å². The second kappa shape index (κ2) is 11.4. The molecule has 4 nitrogen and oxygen atoms in total. The Morgan fingerprint density at radius 1 is 0.757 bits per heavy atom. The molecule has 9 heteroatoms. The molecule has 188 valence electrons. The molecule has 1 unspecified atom stereocenters. The zero-order chi connectivity index (χ0) is 25.4. The van der Waals surface area contributed by atoms with Gasteiger partial charge in [0.2, 0.25) is 0 Å². The summed E-state index contributed by atoms with van der Waals surface area (Å²) in [7, 11) is 0. The van der Waals surface area contributed by atoms with Gasteiger partial charge in [-0.25, -0.2) is 18.7 Å². The summed E-state index contributed by atoms with van der Waals surface area (Å²) in [6.07, 6.45) is 3.51. The molecule has 2 aliphatic rings. The number of rotatable bonds is 2. The van der Waals surface area contributed by atoms with Crippen molar-refractivity contribution in [1.29, 1.82) is 0 Å². The molecule has 0 aliphatic heterocycles. The summed E-state index contributed by atoms with van der Waals surface area (Å²) in [6, 6.07) is 16.1. The van der Waals surface area contributed by atoms with E-state index in [1.54, 1.807) is 24.3 Å². The standard InChI is InChI=1S/C14H11ClFNO.C14H9ClFNO.Sn.2H/c2*15-13-5-4-12(18)14(17-13)9-6-8-2-1-3-11(16)10(8)7-9;;;/h1-5,9,18H,6-7H2;1-5,7,18H,6H2;;;. The summed E-state index contributed by atoms with van der Waals surface area (Å²) in [5, 5.41) is 20.3. The third kappa shape index (κ3) is 5.76. The van der Waals surface area contributed by atoms with Crippen LogP contribution in [0, 0.1) is 11.6 Å². The van der Waals surface area contributed by atoms with Crippen LogP contribution in [0.25, 0.3) is 11.6 Å². The van der Waals surface area contributed by atoms with Crippen LogP contribution < -0.4 is 0 Å². The number of fused-ring (bicyclic) bond motifs is 2. The first-order valence-corrected chi connectivity index (χ1v) is 12.0. The molecule has 0 saturated carbocycles. The van der Waals surface area contributed by atoms with Crippen molar-refractivity contribution >= 4 is 58.8 Å². The van der Waals surface area contributed by atoms with E-state index in [4.69, 9.17) is 23.2 Å². The van der Waals surface area contributed by atoms with Crippen LogP contribution in [0.5, 0.6) is 11.5 Å². The number of hydrogen-bond acceptors (Lipinski definition) is 4. The van der Waals surface area contributed by atoms with E-state index in [2.05, 4.69) is 9.97 Å². The minimum atomic E-state index is -0.260. The van der Waals surface area contributed by atoms with Crippen LogP contribution in [-0.2, 0) is 19.3 Å². The van der Waals surface area contributed by atoms with Crippen LogP contribution in [0.1, 0.15) is 39.6 Å². The Morgan fingerprint density at radius 2 is 1.41 bits per heavy atom. The number of pyridine rings is 2. The molecule has 1 atom stereocenters. The van der Waals surface area contributed by atoms with E-state index >= 15 is 0 Å². The van der Waals surface area contributed by atoms with Crippen LogP contribution in [0.15, 0.2) is 60.7 Å². The van der Waals surface area contributed by atoms with Gasteiger partial charge in [0.1, 0.15) is 39.1 Å². The van der Waals surface area contributed by atoms with E-state index in [-0.39, 0.29) is 53.0 Å². The van der Waals surface area contributed by atoms with Crippen LogP contribution in [0.3, 0.4) is 0 Å². The first kappa shape index (κ1) is 27.4. The van der Waals surface area contributed by atoms with Crippen molar-refractivity contribution in [3.63, 3.8) is 0 Å². The molecule has 2 aliphatic carbocycles. The van der Waals surface area contributed by atoms with E-state index in [0.717, 1.165) is 22.3 Å². The summed E-state index contributed by atoms with van der Waals surface area (Å²) in [5.74, 6) is -0.271. The van der Waals surface area contributed by atoms with Gasteiger partial charge in [-0.2, -0.15) is 0 Å². The van der Waals surface area contributed by atoms with E-state index < -0.39 is 0 Å². The molecule has 0 saturated heterocycles. The molecule has 2 aromatic carbocycles. The molecule has 6 rings (SSSR count). The third-order valence-corrected chi connectivity index (χ3v) is 6.80. The van der Waals surface area contributed by atoms with Crippen molar-refractivity contribution in [1.82, 2.24) is 9.97 Å². The molecule has 2 heterocycles. The van der Waals surface area contributed by atoms with E-state index in [1.165, 1.54) is 30.3 Å². The zero-order valence-corrected chi connectivity index (χ0v) is 25.1. The first-order valence-electron chi connectivity index (χ1n) is 11.3. The van der Waals surface area contributed by atoms with Crippen molar-refractivity contribution in [3.8, 4) is 11.5 Å². The Labute approximate surface area is 239 Å². The maximum atomic E-state index is 13.7. The summed E-state index contributed by atoms with van der Waals surface area (Å²) in [5.41, 5.74) is 4.91. The normalized spacial score (nSPS) is 15.1. The number of allylic oxidation sites excluding steroid dienone is 1. The molecular formula is C28H22Cl2F2N2O2Sn. The van der Waals surface area contributed by atoms with Gasteiger partial charge in [-0.3, -0.25) is 0 Å². The molecule has 4 aromatic rings. The van der Waals surface area contributed by atoms with Crippen molar-refractivity contribution in [3.05, 3.63) is 116 Å². The minimum absolute atomic E-state index is 0. The Morgan fingerprint density at radius 3 is 2.11 bits per heavy atom. The van der Waals surface area contributed by atoms with Gasteiger partial charge < -0.3 is 10.2 Å². The molecule has 2 radical (unpaired) electrons. The van der Waals surface area contributed by atoms with Crippen LogP contribution >= 0.6 is 23.2 Å². The van der Waals surface area contributed by atoms with Gasteiger partial charge in [-0.05, 0) is 77.6 Å². The summed E-state index contributed by atoms with van der Waals surface area (Å²) in [6.45, 7) is 0. The molecule has 37 heavy (non-hydrogen) atoms. The molecule has 0 amide bonds. The number of halogens is 4. The van der Waals surface area contributed by atoms with Crippen molar-refractivity contribution in [2.75, 3.05) is 0 Å². The van der Waals surface area contributed by atoms with Gasteiger partial charge in [-0.15, -0.1) is 0 Å². The van der Waals surface area contributed by atoms with Gasteiger partial charge >= 0.3 is 23.9 Å². The predicted molar refractivity (Wildman–Crippen MR) is 145 cm³/mol. The zero-order valence-electron chi connectivity index (χ0n) is 19.6. The predicted octanol–water partition coefficient (Wildman–Crippen LogP) is 6.22. The summed E-state index contributed by atoms with van der Waals surface area (Å²) >= 11 is 11.7. The van der Waals surface area contributed by atoms with Gasteiger partial charge in [0, 0.05) is 17.9 Å².